The lowest BCUT2D eigenvalue weighted by atomic mass is 9.91. The van der Waals surface area contributed by atoms with Crippen LogP contribution in [0.3, 0.4) is 0 Å². The highest BCUT2D eigenvalue weighted by atomic mass is 19.1. The van der Waals surface area contributed by atoms with Crippen LogP contribution in [0.5, 0.6) is 0 Å². The maximum absolute atomic E-state index is 13.4. The zero-order chi connectivity index (χ0) is 13.5. The second-order valence-electron chi connectivity index (χ2n) is 5.26. The van der Waals surface area contributed by atoms with Gasteiger partial charge in [-0.05, 0) is 55.5 Å². The molecule has 1 aromatic carbocycles. The van der Waals surface area contributed by atoms with Gasteiger partial charge in [0.15, 0.2) is 0 Å². The minimum atomic E-state index is -0.136. The summed E-state index contributed by atoms with van der Waals surface area (Å²) in [5.41, 5.74) is 2.29. The lowest BCUT2D eigenvalue weighted by Crippen LogP contribution is -2.24. The van der Waals surface area contributed by atoms with Gasteiger partial charge in [0.05, 0.1) is 0 Å². The maximum atomic E-state index is 13.4. The zero-order valence-corrected chi connectivity index (χ0v) is 12.1. The first-order valence-corrected chi connectivity index (χ1v) is 7.07. The first kappa shape index (κ1) is 15.2. The quantitative estimate of drug-likeness (QED) is 0.746. The molecule has 1 aromatic rings. The maximum Gasteiger partial charge on any atom is 0.123 e. The lowest BCUT2D eigenvalue weighted by Gasteiger charge is -2.23. The van der Waals surface area contributed by atoms with Crippen molar-refractivity contribution in [3.63, 3.8) is 0 Å². The highest BCUT2D eigenvalue weighted by Crippen LogP contribution is 2.26. The van der Waals surface area contributed by atoms with Crippen LogP contribution in [0, 0.1) is 18.7 Å². The van der Waals surface area contributed by atoms with Crippen molar-refractivity contribution in [1.82, 2.24) is 5.32 Å². The van der Waals surface area contributed by atoms with E-state index in [1.165, 1.54) is 12.0 Å². The monoisotopic (exact) mass is 251 g/mol. The van der Waals surface area contributed by atoms with Crippen LogP contribution in [0.15, 0.2) is 18.2 Å². The molecule has 0 spiro atoms. The highest BCUT2D eigenvalue weighted by molar-refractivity contribution is 5.29. The second-order valence-corrected chi connectivity index (χ2v) is 5.26. The van der Waals surface area contributed by atoms with E-state index in [4.69, 9.17) is 0 Å². The molecule has 0 fully saturated rings. The zero-order valence-electron chi connectivity index (χ0n) is 12.1. The molecule has 1 nitrogen and oxygen atoms in total. The third kappa shape index (κ3) is 4.41. The summed E-state index contributed by atoms with van der Waals surface area (Å²) in [4.78, 5) is 0. The Morgan fingerprint density at radius 3 is 2.61 bits per heavy atom. The Labute approximate surface area is 111 Å². The summed E-state index contributed by atoms with van der Waals surface area (Å²) >= 11 is 0. The van der Waals surface area contributed by atoms with Gasteiger partial charge in [0.1, 0.15) is 5.82 Å². The Kier molecular flexibility index (Phi) is 6.34. The lowest BCUT2D eigenvalue weighted by molar-refractivity contribution is 0.400. The molecular formula is C16H26FN. The molecule has 18 heavy (non-hydrogen) atoms. The van der Waals surface area contributed by atoms with Crippen LogP contribution >= 0.6 is 0 Å². The van der Waals surface area contributed by atoms with Gasteiger partial charge in [-0.3, -0.25) is 0 Å². The topological polar surface area (TPSA) is 12.0 Å². The van der Waals surface area contributed by atoms with Crippen molar-refractivity contribution in [2.45, 2.75) is 53.0 Å². The first-order valence-electron chi connectivity index (χ1n) is 7.07. The molecule has 0 bridgehead atoms. The fourth-order valence-corrected chi connectivity index (χ4v) is 2.19. The van der Waals surface area contributed by atoms with Crippen molar-refractivity contribution >= 4 is 0 Å². The van der Waals surface area contributed by atoms with Gasteiger partial charge in [-0.1, -0.05) is 33.3 Å². The molecular weight excluding hydrogens is 225 g/mol. The number of hydrogen-bond donors (Lipinski definition) is 1. The Morgan fingerprint density at radius 1 is 1.28 bits per heavy atom. The number of nitrogens with one attached hydrogen (secondary N) is 1. The van der Waals surface area contributed by atoms with Crippen molar-refractivity contribution in [3.05, 3.63) is 35.1 Å². The summed E-state index contributed by atoms with van der Waals surface area (Å²) in [5, 5.41) is 3.55. The molecule has 0 aliphatic rings. The smallest absolute Gasteiger partial charge is 0.123 e. The Bertz CT molecular complexity index is 362. The third-order valence-electron chi connectivity index (χ3n) is 3.59. The van der Waals surface area contributed by atoms with Crippen molar-refractivity contribution in [2.24, 2.45) is 5.92 Å². The van der Waals surface area contributed by atoms with E-state index in [0.29, 0.717) is 5.92 Å². The summed E-state index contributed by atoms with van der Waals surface area (Å²) < 4.78 is 13.4. The van der Waals surface area contributed by atoms with Gasteiger partial charge in [0.2, 0.25) is 0 Å². The van der Waals surface area contributed by atoms with Gasteiger partial charge in [-0.2, -0.15) is 0 Å². The third-order valence-corrected chi connectivity index (χ3v) is 3.59. The second kappa shape index (κ2) is 7.52. The van der Waals surface area contributed by atoms with Crippen molar-refractivity contribution in [1.29, 1.82) is 0 Å². The average molecular weight is 251 g/mol. The van der Waals surface area contributed by atoms with Gasteiger partial charge in [-0.15, -0.1) is 0 Å². The number of aryl methyl sites for hydroxylation is 1. The minimum absolute atomic E-state index is 0.136. The summed E-state index contributed by atoms with van der Waals surface area (Å²) in [7, 11) is 0. The van der Waals surface area contributed by atoms with E-state index in [9.17, 15) is 4.39 Å². The van der Waals surface area contributed by atoms with Crippen molar-refractivity contribution < 1.29 is 4.39 Å². The van der Waals surface area contributed by atoms with Crippen LogP contribution < -0.4 is 5.32 Å². The molecule has 102 valence electrons. The van der Waals surface area contributed by atoms with Crippen molar-refractivity contribution in [2.75, 3.05) is 6.54 Å². The molecule has 0 aliphatic heterocycles. The SMILES string of the molecule is CCCNC(CC(C)CC)c1cc(F)ccc1C. The van der Waals surface area contributed by atoms with E-state index in [-0.39, 0.29) is 11.9 Å². The van der Waals surface area contributed by atoms with Gasteiger partial charge in [-0.25, -0.2) is 4.39 Å². The van der Waals surface area contributed by atoms with Gasteiger partial charge in [0.25, 0.3) is 0 Å². The van der Waals surface area contributed by atoms with Gasteiger partial charge in [0, 0.05) is 6.04 Å². The molecule has 0 aromatic heterocycles. The van der Waals surface area contributed by atoms with Crippen LogP contribution in [-0.2, 0) is 0 Å². The number of rotatable bonds is 7. The largest absolute Gasteiger partial charge is 0.310 e. The molecule has 0 saturated carbocycles. The number of hydrogen-bond acceptors (Lipinski definition) is 1. The van der Waals surface area contributed by atoms with E-state index in [1.807, 2.05) is 6.07 Å². The predicted molar refractivity (Wildman–Crippen MR) is 76.2 cm³/mol. The van der Waals surface area contributed by atoms with Gasteiger partial charge < -0.3 is 5.32 Å². The fraction of sp³-hybridized carbons (Fsp3) is 0.625. The summed E-state index contributed by atoms with van der Waals surface area (Å²) in [6.45, 7) is 9.67. The number of halogens is 1. The summed E-state index contributed by atoms with van der Waals surface area (Å²) in [5.74, 6) is 0.519. The normalized spacial score (nSPS) is 14.5. The van der Waals surface area contributed by atoms with E-state index in [1.54, 1.807) is 12.1 Å². The van der Waals surface area contributed by atoms with Crippen LogP contribution in [0.4, 0.5) is 4.39 Å². The molecule has 1 rings (SSSR count). The number of benzene rings is 1. The summed E-state index contributed by atoms with van der Waals surface area (Å²) in [6.07, 6.45) is 3.34. The molecule has 0 heterocycles. The van der Waals surface area contributed by atoms with Crippen LogP contribution in [0.2, 0.25) is 0 Å². The van der Waals surface area contributed by atoms with E-state index >= 15 is 0 Å². The van der Waals surface area contributed by atoms with Crippen LogP contribution in [0.1, 0.15) is 57.2 Å². The standard InChI is InChI=1S/C16H26FN/c1-5-9-18-16(10-12(3)6-2)15-11-14(17)8-7-13(15)4/h7-8,11-12,16,18H,5-6,9-10H2,1-4H3. The van der Waals surface area contributed by atoms with E-state index < -0.39 is 0 Å². The van der Waals surface area contributed by atoms with E-state index in [2.05, 4.69) is 33.0 Å². The molecule has 0 saturated heterocycles. The van der Waals surface area contributed by atoms with E-state index in [0.717, 1.165) is 24.9 Å². The van der Waals surface area contributed by atoms with Crippen molar-refractivity contribution in [3.8, 4) is 0 Å². The Hall–Kier alpha value is -0.890. The highest BCUT2D eigenvalue weighted by Gasteiger charge is 2.16. The van der Waals surface area contributed by atoms with Crippen LogP contribution in [-0.4, -0.2) is 6.54 Å². The fourth-order valence-electron chi connectivity index (χ4n) is 2.19. The summed E-state index contributed by atoms with van der Waals surface area (Å²) in [6, 6.07) is 5.38. The Morgan fingerprint density at radius 2 is 2.00 bits per heavy atom. The minimum Gasteiger partial charge on any atom is -0.310 e. The van der Waals surface area contributed by atoms with Gasteiger partial charge >= 0.3 is 0 Å². The molecule has 0 aliphatic carbocycles. The Balaban J connectivity index is 2.89. The molecule has 2 heteroatoms. The molecule has 0 radical (unpaired) electrons. The van der Waals surface area contributed by atoms with Crippen LogP contribution in [0.25, 0.3) is 0 Å². The molecule has 2 unspecified atom stereocenters. The molecule has 1 N–H and O–H groups in total. The first-order chi connectivity index (χ1) is 8.58. The molecule has 2 atom stereocenters. The average Bonchev–Trinajstić information content (AvgIpc) is 2.37. The molecule has 0 amide bonds. The predicted octanol–water partition coefficient (Wildman–Crippen LogP) is 4.61.